The maximum atomic E-state index is 10.9. The number of halogens is 2. The van der Waals surface area contributed by atoms with E-state index in [0.29, 0.717) is 18.3 Å². The molecule has 1 aliphatic rings. The van der Waals surface area contributed by atoms with Crippen molar-refractivity contribution in [1.29, 1.82) is 0 Å². The number of benzene rings is 1. The smallest absolute Gasteiger partial charge is 0.221 e. The summed E-state index contributed by atoms with van der Waals surface area (Å²) in [5.41, 5.74) is 1.37. The molecular weight excluding hydrogens is 255 g/mol. The molecule has 0 radical (unpaired) electrons. The largest absolute Gasteiger partial charge is 0.281 e. The average molecular weight is 271 g/mol. The van der Waals surface area contributed by atoms with Crippen LogP contribution < -0.4 is 0 Å². The molecule has 1 fully saturated rings. The molecule has 1 saturated carbocycles. The Bertz CT molecular complexity index is 378. The Kier molecular flexibility index (Phi) is 4.47. The third kappa shape index (κ3) is 3.72. The summed E-state index contributed by atoms with van der Waals surface area (Å²) >= 11 is 11.3. The summed E-state index contributed by atoms with van der Waals surface area (Å²) < 4.78 is 0. The van der Waals surface area contributed by atoms with Crippen LogP contribution in [0.2, 0.25) is 5.02 Å². The van der Waals surface area contributed by atoms with Gasteiger partial charge in [0.05, 0.1) is 0 Å². The van der Waals surface area contributed by atoms with Gasteiger partial charge >= 0.3 is 0 Å². The first kappa shape index (κ1) is 12.9. The minimum atomic E-state index is -0.194. The lowest BCUT2D eigenvalue weighted by Crippen LogP contribution is -2.14. The van der Waals surface area contributed by atoms with Crippen molar-refractivity contribution >= 4 is 28.4 Å². The summed E-state index contributed by atoms with van der Waals surface area (Å²) in [6, 6.07) is 8.12. The van der Waals surface area contributed by atoms with E-state index in [-0.39, 0.29) is 5.24 Å². The van der Waals surface area contributed by atoms with E-state index >= 15 is 0 Å². The topological polar surface area (TPSA) is 17.1 Å². The molecule has 1 aromatic rings. The van der Waals surface area contributed by atoms with Gasteiger partial charge in [0.2, 0.25) is 5.24 Å². The monoisotopic (exact) mass is 270 g/mol. The molecule has 0 atom stereocenters. The van der Waals surface area contributed by atoms with E-state index in [9.17, 15) is 4.79 Å². The fourth-order valence-corrected chi connectivity index (χ4v) is 3.01. The normalized spacial score (nSPS) is 24.6. The van der Waals surface area contributed by atoms with E-state index in [1.807, 2.05) is 12.1 Å². The molecule has 0 aliphatic heterocycles. The van der Waals surface area contributed by atoms with Crippen LogP contribution in [0.15, 0.2) is 24.3 Å². The van der Waals surface area contributed by atoms with Gasteiger partial charge in [0.25, 0.3) is 0 Å². The Labute approximate surface area is 112 Å². The molecule has 92 valence electrons. The first-order chi connectivity index (χ1) is 8.15. The van der Waals surface area contributed by atoms with Crippen molar-refractivity contribution in [3.05, 3.63) is 34.9 Å². The van der Waals surface area contributed by atoms with Crippen molar-refractivity contribution in [3.63, 3.8) is 0 Å². The highest BCUT2D eigenvalue weighted by Gasteiger charge is 2.23. The molecule has 1 nitrogen and oxygen atoms in total. The second-order valence-corrected chi connectivity index (χ2v) is 5.69. The molecule has 3 heteroatoms. The lowest BCUT2D eigenvalue weighted by Gasteiger charge is -2.28. The number of rotatable bonds is 3. The van der Waals surface area contributed by atoms with E-state index in [1.165, 1.54) is 5.56 Å². The number of hydrogen-bond acceptors (Lipinski definition) is 1. The van der Waals surface area contributed by atoms with Gasteiger partial charge in [-0.2, -0.15) is 0 Å². The summed E-state index contributed by atoms with van der Waals surface area (Å²) in [4.78, 5) is 10.9. The third-order valence-corrected chi connectivity index (χ3v) is 4.04. The van der Waals surface area contributed by atoms with Crippen molar-refractivity contribution in [2.75, 3.05) is 0 Å². The SMILES string of the molecule is O=C(Cl)CC1CCC(c2ccc(Cl)cc2)CC1. The van der Waals surface area contributed by atoms with Crippen molar-refractivity contribution in [1.82, 2.24) is 0 Å². The summed E-state index contributed by atoms with van der Waals surface area (Å²) in [6.45, 7) is 0. The molecule has 0 N–H and O–H groups in total. The summed E-state index contributed by atoms with van der Waals surface area (Å²) in [5.74, 6) is 1.11. The predicted molar refractivity (Wildman–Crippen MR) is 71.6 cm³/mol. The molecule has 0 saturated heterocycles. The fourth-order valence-electron chi connectivity index (χ4n) is 2.66. The molecule has 1 aliphatic carbocycles. The van der Waals surface area contributed by atoms with Crippen LogP contribution in [-0.2, 0) is 4.79 Å². The standard InChI is InChI=1S/C14H16Cl2O/c15-13-7-5-12(6-8-13)11-3-1-10(2-4-11)9-14(16)17/h5-8,10-11H,1-4,9H2. The highest BCUT2D eigenvalue weighted by atomic mass is 35.5. The van der Waals surface area contributed by atoms with Gasteiger partial charge in [-0.15, -0.1) is 0 Å². The summed E-state index contributed by atoms with van der Waals surface area (Å²) in [5, 5.41) is 0.593. The van der Waals surface area contributed by atoms with Crippen LogP contribution in [0.3, 0.4) is 0 Å². The van der Waals surface area contributed by atoms with E-state index < -0.39 is 0 Å². The van der Waals surface area contributed by atoms with Crippen molar-refractivity contribution in [3.8, 4) is 0 Å². The molecule has 17 heavy (non-hydrogen) atoms. The van der Waals surface area contributed by atoms with Gasteiger partial charge in [0, 0.05) is 11.4 Å². The summed E-state index contributed by atoms with van der Waals surface area (Å²) in [7, 11) is 0. The van der Waals surface area contributed by atoms with Crippen LogP contribution in [0.25, 0.3) is 0 Å². The minimum Gasteiger partial charge on any atom is -0.281 e. The quantitative estimate of drug-likeness (QED) is 0.724. The zero-order valence-corrected chi connectivity index (χ0v) is 11.2. The van der Waals surface area contributed by atoms with E-state index in [1.54, 1.807) is 0 Å². The van der Waals surface area contributed by atoms with Crippen molar-refractivity contribution in [2.45, 2.75) is 38.0 Å². The van der Waals surface area contributed by atoms with Gasteiger partial charge < -0.3 is 0 Å². The minimum absolute atomic E-state index is 0.194. The zero-order valence-electron chi connectivity index (χ0n) is 9.66. The van der Waals surface area contributed by atoms with Crippen LogP contribution in [0.5, 0.6) is 0 Å². The molecule has 2 rings (SSSR count). The second-order valence-electron chi connectivity index (χ2n) is 4.83. The number of carbonyl (C=O) groups excluding carboxylic acids is 1. The molecule has 0 aromatic heterocycles. The lowest BCUT2D eigenvalue weighted by molar-refractivity contribution is -0.112. The molecular formula is C14H16Cl2O. The number of carbonyl (C=O) groups is 1. The maximum absolute atomic E-state index is 10.9. The predicted octanol–water partition coefficient (Wildman–Crippen LogP) is 4.77. The fraction of sp³-hybridized carbons (Fsp3) is 0.500. The van der Waals surface area contributed by atoms with Gasteiger partial charge in [-0.1, -0.05) is 23.7 Å². The Morgan fingerprint density at radius 1 is 1.12 bits per heavy atom. The Morgan fingerprint density at radius 3 is 2.24 bits per heavy atom. The third-order valence-electron chi connectivity index (χ3n) is 3.64. The lowest BCUT2D eigenvalue weighted by atomic mass is 9.78. The Morgan fingerprint density at radius 2 is 1.71 bits per heavy atom. The van der Waals surface area contributed by atoms with Gasteiger partial charge in [0.15, 0.2) is 0 Å². The van der Waals surface area contributed by atoms with Crippen LogP contribution in [0, 0.1) is 5.92 Å². The molecule has 0 bridgehead atoms. The van der Waals surface area contributed by atoms with Gasteiger partial charge in [-0.05, 0) is 66.8 Å². The zero-order chi connectivity index (χ0) is 12.3. The van der Waals surface area contributed by atoms with Crippen molar-refractivity contribution < 1.29 is 4.79 Å². The Hall–Kier alpha value is -0.530. The highest BCUT2D eigenvalue weighted by molar-refractivity contribution is 6.63. The first-order valence-electron chi connectivity index (χ1n) is 6.09. The van der Waals surface area contributed by atoms with E-state index in [2.05, 4.69) is 12.1 Å². The van der Waals surface area contributed by atoms with Crippen LogP contribution in [0.1, 0.15) is 43.6 Å². The molecule has 0 unspecified atom stereocenters. The van der Waals surface area contributed by atoms with Crippen molar-refractivity contribution in [2.24, 2.45) is 5.92 Å². The van der Waals surface area contributed by atoms with Gasteiger partial charge in [-0.3, -0.25) is 4.79 Å². The molecule has 0 spiro atoms. The number of hydrogen-bond donors (Lipinski definition) is 0. The van der Waals surface area contributed by atoms with Gasteiger partial charge in [0.1, 0.15) is 0 Å². The highest BCUT2D eigenvalue weighted by Crippen LogP contribution is 2.37. The summed E-state index contributed by atoms with van der Waals surface area (Å²) in [6.07, 6.45) is 5.04. The van der Waals surface area contributed by atoms with E-state index in [0.717, 1.165) is 30.7 Å². The van der Waals surface area contributed by atoms with Crippen LogP contribution >= 0.6 is 23.2 Å². The molecule has 0 amide bonds. The maximum Gasteiger partial charge on any atom is 0.221 e. The molecule has 1 aromatic carbocycles. The first-order valence-corrected chi connectivity index (χ1v) is 6.84. The second kappa shape index (κ2) is 5.88. The average Bonchev–Trinajstić information content (AvgIpc) is 2.30. The van der Waals surface area contributed by atoms with Crippen LogP contribution in [-0.4, -0.2) is 5.24 Å². The van der Waals surface area contributed by atoms with Gasteiger partial charge in [-0.25, -0.2) is 0 Å². The Balaban J connectivity index is 1.90. The molecule has 0 heterocycles. The van der Waals surface area contributed by atoms with Crippen LogP contribution in [0.4, 0.5) is 0 Å². The van der Waals surface area contributed by atoms with E-state index in [4.69, 9.17) is 23.2 Å².